The molecule has 1 heterocycles. The molecule has 0 saturated heterocycles. The van der Waals surface area contributed by atoms with Gasteiger partial charge in [-0.25, -0.2) is 13.4 Å². The number of benzene rings is 1. The highest BCUT2D eigenvalue weighted by Crippen LogP contribution is 2.29. The van der Waals surface area contributed by atoms with Gasteiger partial charge >= 0.3 is 0 Å². The maximum atomic E-state index is 11.6. The zero-order valence-electron chi connectivity index (χ0n) is 7.25. The van der Waals surface area contributed by atoms with Crippen molar-refractivity contribution in [3.8, 4) is 0 Å². The minimum Gasteiger partial charge on any atom is -0.227 e. The molecule has 1 aliphatic heterocycles. The van der Waals surface area contributed by atoms with Crippen LogP contribution in [0, 0.1) is 4.91 Å². The van der Waals surface area contributed by atoms with E-state index in [0.717, 1.165) is 5.01 Å². The van der Waals surface area contributed by atoms with E-state index in [9.17, 15) is 13.3 Å². The Kier molecular flexibility index (Phi) is 1.99. The fraction of sp³-hybridized carbons (Fsp3) is 0.250. The summed E-state index contributed by atoms with van der Waals surface area (Å²) in [5.41, 5.74) is 0.369. The van der Waals surface area contributed by atoms with E-state index in [1.54, 1.807) is 18.2 Å². The SMILES string of the molecule is O=NN1CCS(=O)(=O)c2ccccc21. The van der Waals surface area contributed by atoms with Crippen molar-refractivity contribution in [2.24, 2.45) is 5.29 Å². The van der Waals surface area contributed by atoms with Gasteiger partial charge in [0.1, 0.15) is 0 Å². The molecule has 0 atom stereocenters. The molecule has 0 aliphatic carbocycles. The molecule has 0 unspecified atom stereocenters. The summed E-state index contributed by atoms with van der Waals surface area (Å²) in [7, 11) is -3.23. The standard InChI is InChI=1S/C8H8N2O3S/c11-9-10-5-6-14(12,13)8-4-2-1-3-7(8)10/h1-4H,5-6H2. The molecule has 0 spiro atoms. The van der Waals surface area contributed by atoms with Crippen LogP contribution >= 0.6 is 0 Å². The minimum atomic E-state index is -3.23. The lowest BCUT2D eigenvalue weighted by atomic mass is 10.3. The third kappa shape index (κ3) is 1.27. The second-order valence-corrected chi connectivity index (χ2v) is 5.07. The number of anilines is 1. The van der Waals surface area contributed by atoms with Gasteiger partial charge in [-0.15, -0.1) is 4.91 Å². The van der Waals surface area contributed by atoms with Crippen molar-refractivity contribution in [3.05, 3.63) is 29.2 Å². The first-order valence-corrected chi connectivity index (χ1v) is 5.73. The molecule has 6 heteroatoms. The lowest BCUT2D eigenvalue weighted by Crippen LogP contribution is -2.30. The fourth-order valence-electron chi connectivity index (χ4n) is 1.46. The van der Waals surface area contributed by atoms with Crippen LogP contribution in [0.5, 0.6) is 0 Å². The number of hydrogen-bond acceptors (Lipinski definition) is 4. The Morgan fingerprint density at radius 3 is 2.71 bits per heavy atom. The topological polar surface area (TPSA) is 66.8 Å². The van der Waals surface area contributed by atoms with Gasteiger partial charge in [0, 0.05) is 0 Å². The summed E-state index contributed by atoms with van der Waals surface area (Å²) in [4.78, 5) is 10.6. The smallest absolute Gasteiger partial charge is 0.182 e. The molecular weight excluding hydrogens is 204 g/mol. The third-order valence-electron chi connectivity index (χ3n) is 2.15. The van der Waals surface area contributed by atoms with Gasteiger partial charge in [0.25, 0.3) is 0 Å². The molecule has 0 bridgehead atoms. The molecule has 0 N–H and O–H groups in total. The first-order valence-electron chi connectivity index (χ1n) is 4.08. The van der Waals surface area contributed by atoms with Gasteiger partial charge < -0.3 is 0 Å². The summed E-state index contributed by atoms with van der Waals surface area (Å²) in [5, 5.41) is 3.94. The highest BCUT2D eigenvalue weighted by molar-refractivity contribution is 7.91. The predicted octanol–water partition coefficient (Wildman–Crippen LogP) is 0.962. The van der Waals surface area contributed by atoms with Crippen LogP contribution in [-0.2, 0) is 9.84 Å². The Labute approximate surface area is 81.2 Å². The highest BCUT2D eigenvalue weighted by atomic mass is 32.2. The van der Waals surface area contributed by atoms with Crippen LogP contribution in [0.15, 0.2) is 34.4 Å². The Morgan fingerprint density at radius 1 is 1.29 bits per heavy atom. The zero-order valence-corrected chi connectivity index (χ0v) is 8.07. The molecule has 74 valence electrons. The summed E-state index contributed by atoms with van der Waals surface area (Å²) in [6.07, 6.45) is 0. The van der Waals surface area contributed by atoms with Gasteiger partial charge in [0.2, 0.25) is 0 Å². The highest BCUT2D eigenvalue weighted by Gasteiger charge is 2.28. The van der Waals surface area contributed by atoms with E-state index >= 15 is 0 Å². The Bertz CT molecular complexity index is 469. The summed E-state index contributed by atoms with van der Waals surface area (Å²) < 4.78 is 23.1. The van der Waals surface area contributed by atoms with Crippen molar-refractivity contribution in [2.75, 3.05) is 17.3 Å². The van der Waals surface area contributed by atoms with Gasteiger partial charge in [0.05, 0.1) is 28.2 Å². The van der Waals surface area contributed by atoms with Crippen LogP contribution in [0.25, 0.3) is 0 Å². The second-order valence-electron chi connectivity index (χ2n) is 2.99. The molecule has 0 aromatic heterocycles. The number of nitrogens with zero attached hydrogens (tertiary/aromatic N) is 2. The molecule has 0 saturated carbocycles. The molecule has 0 radical (unpaired) electrons. The number of fused-ring (bicyclic) bond motifs is 1. The summed E-state index contributed by atoms with van der Waals surface area (Å²) in [6.45, 7) is 0.128. The number of nitroso groups, excluding NO2 is 1. The first-order chi connectivity index (χ1) is 6.65. The summed E-state index contributed by atoms with van der Waals surface area (Å²) in [5.74, 6) is -0.0598. The Balaban J connectivity index is 2.66. The average Bonchev–Trinajstić information content (AvgIpc) is 2.18. The number of hydrogen-bond donors (Lipinski definition) is 0. The van der Waals surface area contributed by atoms with E-state index in [0.29, 0.717) is 5.69 Å². The normalized spacial score (nSPS) is 18.7. The van der Waals surface area contributed by atoms with E-state index in [1.165, 1.54) is 6.07 Å². The molecular formula is C8H8N2O3S. The second kappa shape index (κ2) is 3.06. The fourth-order valence-corrected chi connectivity index (χ4v) is 2.87. The maximum Gasteiger partial charge on any atom is 0.182 e. The zero-order chi connectivity index (χ0) is 10.2. The number of sulfone groups is 1. The van der Waals surface area contributed by atoms with Crippen LogP contribution < -0.4 is 5.01 Å². The van der Waals surface area contributed by atoms with Crippen molar-refractivity contribution >= 4 is 15.5 Å². The van der Waals surface area contributed by atoms with Gasteiger partial charge in [-0.1, -0.05) is 12.1 Å². The van der Waals surface area contributed by atoms with Crippen molar-refractivity contribution < 1.29 is 8.42 Å². The third-order valence-corrected chi connectivity index (χ3v) is 3.88. The molecule has 0 amide bonds. The number of rotatable bonds is 1. The van der Waals surface area contributed by atoms with E-state index in [4.69, 9.17) is 0 Å². The molecule has 1 aromatic carbocycles. The quantitative estimate of drug-likeness (QED) is 0.650. The molecule has 2 rings (SSSR count). The van der Waals surface area contributed by atoms with E-state index in [1.807, 2.05) is 0 Å². The minimum absolute atomic E-state index is 0.0598. The Hall–Kier alpha value is -1.43. The van der Waals surface area contributed by atoms with Gasteiger partial charge in [-0.3, -0.25) is 0 Å². The van der Waals surface area contributed by atoms with Gasteiger partial charge in [0.15, 0.2) is 9.84 Å². The maximum absolute atomic E-state index is 11.6. The lowest BCUT2D eigenvalue weighted by Gasteiger charge is -2.23. The monoisotopic (exact) mass is 212 g/mol. The molecule has 1 aromatic rings. The average molecular weight is 212 g/mol. The van der Waals surface area contributed by atoms with Crippen LogP contribution in [-0.4, -0.2) is 20.7 Å². The van der Waals surface area contributed by atoms with E-state index in [2.05, 4.69) is 5.29 Å². The van der Waals surface area contributed by atoms with E-state index in [-0.39, 0.29) is 17.2 Å². The molecule has 14 heavy (non-hydrogen) atoms. The van der Waals surface area contributed by atoms with E-state index < -0.39 is 9.84 Å². The molecule has 5 nitrogen and oxygen atoms in total. The van der Waals surface area contributed by atoms with Crippen molar-refractivity contribution in [3.63, 3.8) is 0 Å². The van der Waals surface area contributed by atoms with Crippen LogP contribution in [0.1, 0.15) is 0 Å². The van der Waals surface area contributed by atoms with Crippen molar-refractivity contribution in [1.82, 2.24) is 0 Å². The number of para-hydroxylation sites is 1. The predicted molar refractivity (Wildman–Crippen MR) is 51.6 cm³/mol. The van der Waals surface area contributed by atoms with Gasteiger partial charge in [-0.05, 0) is 12.1 Å². The Morgan fingerprint density at radius 2 is 2.00 bits per heavy atom. The van der Waals surface area contributed by atoms with Crippen molar-refractivity contribution in [1.29, 1.82) is 0 Å². The van der Waals surface area contributed by atoms with Crippen LogP contribution in [0.4, 0.5) is 5.69 Å². The largest absolute Gasteiger partial charge is 0.227 e. The lowest BCUT2D eigenvalue weighted by molar-refractivity contribution is 0.590. The van der Waals surface area contributed by atoms with Crippen LogP contribution in [0.3, 0.4) is 0 Å². The molecule has 1 aliphatic rings. The van der Waals surface area contributed by atoms with Crippen molar-refractivity contribution in [2.45, 2.75) is 4.90 Å². The summed E-state index contributed by atoms with van der Waals surface area (Å²) >= 11 is 0. The van der Waals surface area contributed by atoms with Gasteiger partial charge in [-0.2, -0.15) is 0 Å². The van der Waals surface area contributed by atoms with Crippen LogP contribution in [0.2, 0.25) is 0 Å². The molecule has 0 fully saturated rings. The summed E-state index contributed by atoms with van der Waals surface area (Å²) in [6, 6.07) is 6.37. The first kappa shape index (κ1) is 9.14.